The van der Waals surface area contributed by atoms with Gasteiger partial charge in [0.05, 0.1) is 16.6 Å². The number of fused-ring (bicyclic) bond motifs is 2. The van der Waals surface area contributed by atoms with Gasteiger partial charge in [0.2, 0.25) is 17.7 Å². The molecule has 1 fully saturated rings. The van der Waals surface area contributed by atoms with Crippen LogP contribution < -0.4 is 15.1 Å². The normalized spacial score (nSPS) is 20.1. The topological polar surface area (TPSA) is 88.5 Å². The van der Waals surface area contributed by atoms with Crippen LogP contribution in [0.15, 0.2) is 88.7 Å². The first kappa shape index (κ1) is 25.5. The molecule has 1 N–H and O–H groups in total. The summed E-state index contributed by atoms with van der Waals surface area (Å²) in [4.78, 5) is 55.0. The molecule has 0 bridgehead atoms. The average molecular weight is 580 g/mol. The van der Waals surface area contributed by atoms with Crippen LogP contribution in [0.4, 0.5) is 15.8 Å². The third-order valence-corrected chi connectivity index (χ3v) is 9.58. The zero-order chi connectivity index (χ0) is 27.3. The second kappa shape index (κ2) is 10.1. The number of hydrogen-bond acceptors (Lipinski definition) is 6. The van der Waals surface area contributed by atoms with E-state index in [1.54, 1.807) is 24.3 Å². The molecule has 0 saturated carbocycles. The van der Waals surface area contributed by atoms with Crippen molar-refractivity contribution in [3.8, 4) is 0 Å². The summed E-state index contributed by atoms with van der Waals surface area (Å²) >= 11 is 8.14. The monoisotopic (exact) mass is 579 g/mol. The predicted molar refractivity (Wildman–Crippen MR) is 149 cm³/mol. The molecule has 3 atom stereocenters. The molecule has 3 amide bonds. The largest absolute Gasteiger partial charge is 0.325 e. The van der Waals surface area contributed by atoms with E-state index >= 15 is 0 Å². The van der Waals surface area contributed by atoms with Crippen LogP contribution in [0, 0.1) is 11.7 Å². The summed E-state index contributed by atoms with van der Waals surface area (Å²) in [6, 6.07) is 21.1. The highest BCUT2D eigenvalue weighted by molar-refractivity contribution is 8.00. The molecule has 1 aromatic heterocycles. The predicted octanol–water partition coefficient (Wildman–Crippen LogP) is 5.14. The molecule has 7 nitrogen and oxygen atoms in total. The van der Waals surface area contributed by atoms with Crippen molar-refractivity contribution in [2.75, 3.05) is 10.2 Å². The van der Waals surface area contributed by atoms with Crippen molar-refractivity contribution < 1.29 is 18.8 Å². The van der Waals surface area contributed by atoms with E-state index < -0.39 is 28.8 Å². The van der Waals surface area contributed by atoms with Gasteiger partial charge < -0.3 is 5.32 Å². The number of carbonyl (C=O) groups is 3. The summed E-state index contributed by atoms with van der Waals surface area (Å²) in [6.45, 7) is -0.295. The van der Waals surface area contributed by atoms with E-state index in [2.05, 4.69) is 5.32 Å². The van der Waals surface area contributed by atoms with Crippen molar-refractivity contribution in [3.63, 3.8) is 0 Å². The van der Waals surface area contributed by atoms with Crippen LogP contribution in [0.25, 0.3) is 0 Å². The van der Waals surface area contributed by atoms with E-state index in [1.807, 2.05) is 30.3 Å². The van der Waals surface area contributed by atoms with Crippen LogP contribution in [-0.4, -0.2) is 27.5 Å². The average Bonchev–Trinajstić information content (AvgIpc) is 3.37. The molecule has 2 aliphatic heterocycles. The lowest BCUT2D eigenvalue weighted by Crippen LogP contribution is -2.33. The van der Waals surface area contributed by atoms with E-state index in [0.717, 1.165) is 28.7 Å². The third kappa shape index (κ3) is 4.58. The minimum absolute atomic E-state index is 0.295. The second-order valence-electron chi connectivity index (χ2n) is 9.12. The van der Waals surface area contributed by atoms with Gasteiger partial charge in [0.15, 0.2) is 0 Å². The Bertz CT molecular complexity index is 1660. The fourth-order valence-corrected chi connectivity index (χ4v) is 7.90. The maximum atomic E-state index is 13.8. The van der Waals surface area contributed by atoms with Crippen LogP contribution >= 0.6 is 34.7 Å². The van der Waals surface area contributed by atoms with Gasteiger partial charge in [-0.05, 0) is 54.1 Å². The summed E-state index contributed by atoms with van der Waals surface area (Å²) in [7, 11) is 0. The highest BCUT2D eigenvalue weighted by Gasteiger charge is 2.56. The number of anilines is 2. The molecular weight excluding hydrogens is 561 g/mol. The van der Waals surface area contributed by atoms with E-state index in [0.29, 0.717) is 26.3 Å². The van der Waals surface area contributed by atoms with Crippen molar-refractivity contribution in [2.24, 2.45) is 5.92 Å². The molecule has 3 aromatic carbocycles. The minimum Gasteiger partial charge on any atom is -0.325 e. The first-order valence-electron chi connectivity index (χ1n) is 12.0. The summed E-state index contributed by atoms with van der Waals surface area (Å²) in [5.41, 5.74) is 1.62. The maximum absolute atomic E-state index is 13.8. The van der Waals surface area contributed by atoms with Gasteiger partial charge in [0.1, 0.15) is 17.6 Å². The van der Waals surface area contributed by atoms with Crippen molar-refractivity contribution in [3.05, 3.63) is 110 Å². The summed E-state index contributed by atoms with van der Waals surface area (Å²) in [5.74, 6) is -2.91. The van der Waals surface area contributed by atoms with Crippen LogP contribution in [0.2, 0.25) is 5.02 Å². The van der Waals surface area contributed by atoms with Crippen LogP contribution in [-0.2, 0) is 20.9 Å². The first-order chi connectivity index (χ1) is 18.8. The first-order valence-corrected chi connectivity index (χ1v) is 14.0. The van der Waals surface area contributed by atoms with Crippen molar-refractivity contribution in [2.45, 2.75) is 22.7 Å². The summed E-state index contributed by atoms with van der Waals surface area (Å²) in [6.07, 6.45) is 0. The van der Waals surface area contributed by atoms with Crippen LogP contribution in [0.1, 0.15) is 16.4 Å². The van der Waals surface area contributed by atoms with Gasteiger partial charge in [-0.2, -0.15) is 0 Å². The Morgan fingerprint density at radius 1 is 0.923 bits per heavy atom. The number of hydrogen-bond donors (Lipinski definition) is 1. The Balaban J connectivity index is 1.39. The highest BCUT2D eigenvalue weighted by atomic mass is 35.5. The second-order valence-corrected chi connectivity index (χ2v) is 11.7. The lowest BCUT2D eigenvalue weighted by atomic mass is 9.83. The molecular formula is C28H19ClFN3O4S2. The number of halogens is 2. The molecule has 4 aromatic rings. The number of aromatic nitrogens is 1. The Labute approximate surface area is 235 Å². The van der Waals surface area contributed by atoms with Gasteiger partial charge in [-0.3, -0.25) is 23.7 Å². The SMILES string of the molecule is O=C(Cn1c2c(sc1=O)[C@@H](c1ccccc1)[C@H]1C(=O)N(c3ccc(Cl)cc3)C(=O)[C@H]1S2)Nc1ccc(F)cc1. The van der Waals surface area contributed by atoms with Crippen molar-refractivity contribution in [1.29, 1.82) is 0 Å². The molecule has 3 heterocycles. The summed E-state index contributed by atoms with van der Waals surface area (Å²) < 4.78 is 14.6. The molecule has 0 radical (unpaired) electrons. The molecule has 2 aliphatic rings. The number of rotatable bonds is 5. The van der Waals surface area contributed by atoms with Crippen molar-refractivity contribution in [1.82, 2.24) is 4.57 Å². The van der Waals surface area contributed by atoms with Gasteiger partial charge in [0, 0.05) is 21.5 Å². The molecule has 1 saturated heterocycles. The van der Waals surface area contributed by atoms with E-state index in [4.69, 9.17) is 11.6 Å². The number of nitrogens with zero attached hydrogens (tertiary/aromatic N) is 2. The molecule has 0 spiro atoms. The Morgan fingerprint density at radius 3 is 2.31 bits per heavy atom. The van der Waals surface area contributed by atoms with E-state index in [-0.39, 0.29) is 23.2 Å². The fourth-order valence-electron chi connectivity index (χ4n) is 5.00. The molecule has 39 heavy (non-hydrogen) atoms. The lowest BCUT2D eigenvalue weighted by Gasteiger charge is -2.30. The molecule has 0 unspecified atom stereocenters. The van der Waals surface area contributed by atoms with Gasteiger partial charge >= 0.3 is 4.87 Å². The highest BCUT2D eigenvalue weighted by Crippen LogP contribution is 2.53. The number of carbonyl (C=O) groups excluding carboxylic acids is 3. The lowest BCUT2D eigenvalue weighted by molar-refractivity contribution is -0.122. The zero-order valence-electron chi connectivity index (χ0n) is 20.0. The third-order valence-electron chi connectivity index (χ3n) is 6.72. The quantitative estimate of drug-likeness (QED) is 0.331. The number of amides is 3. The smallest absolute Gasteiger partial charge is 0.308 e. The van der Waals surface area contributed by atoms with Crippen molar-refractivity contribution >= 4 is 63.8 Å². The zero-order valence-corrected chi connectivity index (χ0v) is 22.4. The maximum Gasteiger partial charge on any atom is 0.308 e. The Morgan fingerprint density at radius 2 is 1.62 bits per heavy atom. The Hall–Kier alpha value is -3.73. The van der Waals surface area contributed by atoms with Gasteiger partial charge in [-0.1, -0.05) is 65.0 Å². The van der Waals surface area contributed by atoms with Crippen LogP contribution in [0.5, 0.6) is 0 Å². The van der Waals surface area contributed by atoms with Gasteiger partial charge in [-0.15, -0.1) is 0 Å². The van der Waals surface area contributed by atoms with Gasteiger partial charge in [0.25, 0.3) is 0 Å². The minimum atomic E-state index is -0.786. The number of imide groups is 1. The van der Waals surface area contributed by atoms with E-state index in [1.165, 1.54) is 33.7 Å². The standard InChI is InChI=1S/C28H19ClFN3O4S2/c29-16-6-12-19(13-7-16)33-25(35)22-21(15-4-2-1-3-5-15)24-27(38-23(22)26(33)36)32(28(37)39-24)14-20(34)31-18-10-8-17(30)9-11-18/h1-13,21-23H,14H2,(H,31,34)/t21-,22+,23-/m0/s1. The molecule has 6 rings (SSSR count). The number of thioether (sulfide) groups is 1. The molecule has 11 heteroatoms. The summed E-state index contributed by atoms with van der Waals surface area (Å²) in [5, 5.41) is 2.86. The van der Waals surface area contributed by atoms with E-state index in [9.17, 15) is 23.6 Å². The number of benzene rings is 3. The number of nitrogens with one attached hydrogen (secondary N) is 1. The number of thiazole rings is 1. The Kier molecular flexibility index (Phi) is 6.62. The fraction of sp³-hybridized carbons (Fsp3) is 0.143. The van der Waals surface area contributed by atoms with Crippen LogP contribution in [0.3, 0.4) is 0 Å². The molecule has 196 valence electrons. The van der Waals surface area contributed by atoms with Gasteiger partial charge in [-0.25, -0.2) is 9.29 Å². The molecule has 0 aliphatic carbocycles.